The molecule has 1 aromatic rings. The summed E-state index contributed by atoms with van der Waals surface area (Å²) in [5.41, 5.74) is 0. The third-order valence-corrected chi connectivity index (χ3v) is 3.77. The van der Waals surface area contributed by atoms with Crippen molar-refractivity contribution >= 4 is 22.9 Å². The zero-order chi connectivity index (χ0) is 8.55. The molecule has 1 fully saturated rings. The first-order valence-electron chi connectivity index (χ1n) is 4.23. The molecule has 12 heavy (non-hydrogen) atoms. The van der Waals surface area contributed by atoms with Gasteiger partial charge in [0.2, 0.25) is 0 Å². The fraction of sp³-hybridized carbons (Fsp3) is 0.556. The molecule has 3 heteroatoms. The zero-order valence-corrected chi connectivity index (χ0v) is 8.58. The van der Waals surface area contributed by atoms with E-state index in [0.29, 0.717) is 6.04 Å². The van der Waals surface area contributed by atoms with Crippen LogP contribution in [0.2, 0.25) is 5.02 Å². The van der Waals surface area contributed by atoms with Crippen molar-refractivity contribution in [3.63, 3.8) is 0 Å². The lowest BCUT2D eigenvalue weighted by atomic mass is 10.1. The fourth-order valence-corrected chi connectivity index (χ4v) is 2.91. The maximum absolute atomic E-state index is 6.06. The molecular formula is C9H12ClNS. The Bertz CT molecular complexity index is 267. The van der Waals surface area contributed by atoms with Gasteiger partial charge in [-0.3, -0.25) is 0 Å². The van der Waals surface area contributed by atoms with Crippen molar-refractivity contribution in [3.05, 3.63) is 21.3 Å². The Morgan fingerprint density at radius 2 is 2.42 bits per heavy atom. The zero-order valence-electron chi connectivity index (χ0n) is 7.01. The molecule has 0 radical (unpaired) electrons. The maximum Gasteiger partial charge on any atom is 0.0561 e. The molecule has 1 N–H and O–H groups in total. The lowest BCUT2D eigenvalue weighted by molar-refractivity contribution is 0.538. The van der Waals surface area contributed by atoms with Gasteiger partial charge < -0.3 is 5.32 Å². The summed E-state index contributed by atoms with van der Waals surface area (Å²) < 4.78 is 0. The van der Waals surface area contributed by atoms with Crippen LogP contribution in [-0.2, 0) is 0 Å². The first-order valence-corrected chi connectivity index (χ1v) is 5.49. The molecule has 66 valence electrons. The van der Waals surface area contributed by atoms with Crippen molar-refractivity contribution in [1.82, 2.24) is 5.32 Å². The SMILES string of the molecule is CNC(c1sccc1Cl)C1CC1. The number of halogens is 1. The molecule has 1 aliphatic carbocycles. The van der Waals surface area contributed by atoms with E-state index in [2.05, 4.69) is 10.7 Å². The number of hydrogen-bond acceptors (Lipinski definition) is 2. The van der Waals surface area contributed by atoms with Gasteiger partial charge in [0.05, 0.1) is 5.02 Å². The van der Waals surface area contributed by atoms with Gasteiger partial charge in [-0.05, 0) is 37.3 Å². The Balaban J connectivity index is 2.20. The Morgan fingerprint density at radius 3 is 2.83 bits per heavy atom. The van der Waals surface area contributed by atoms with Gasteiger partial charge in [-0.1, -0.05) is 11.6 Å². The highest BCUT2D eigenvalue weighted by atomic mass is 35.5. The first-order chi connectivity index (χ1) is 5.83. The summed E-state index contributed by atoms with van der Waals surface area (Å²) >= 11 is 7.81. The van der Waals surface area contributed by atoms with Gasteiger partial charge in [0.1, 0.15) is 0 Å². The topological polar surface area (TPSA) is 12.0 Å². The van der Waals surface area contributed by atoms with Crippen LogP contribution in [0.4, 0.5) is 0 Å². The van der Waals surface area contributed by atoms with Crippen LogP contribution in [0, 0.1) is 5.92 Å². The minimum atomic E-state index is 0.498. The highest BCUT2D eigenvalue weighted by Crippen LogP contribution is 2.44. The van der Waals surface area contributed by atoms with E-state index >= 15 is 0 Å². The molecule has 1 unspecified atom stereocenters. The standard InChI is InChI=1S/C9H12ClNS/c1-11-8(6-2-3-6)9-7(10)4-5-12-9/h4-6,8,11H,2-3H2,1H3. The normalized spacial score (nSPS) is 19.5. The number of thiophene rings is 1. The Labute approximate surface area is 81.7 Å². The van der Waals surface area contributed by atoms with Gasteiger partial charge in [0.25, 0.3) is 0 Å². The van der Waals surface area contributed by atoms with Crippen molar-refractivity contribution in [3.8, 4) is 0 Å². The molecule has 0 bridgehead atoms. The average Bonchev–Trinajstić information content (AvgIpc) is 2.80. The third-order valence-electron chi connectivity index (χ3n) is 2.33. The molecular weight excluding hydrogens is 190 g/mol. The minimum absolute atomic E-state index is 0.498. The summed E-state index contributed by atoms with van der Waals surface area (Å²) in [6.45, 7) is 0. The fourth-order valence-electron chi connectivity index (χ4n) is 1.54. The van der Waals surface area contributed by atoms with Crippen LogP contribution in [-0.4, -0.2) is 7.05 Å². The first kappa shape index (κ1) is 8.54. The average molecular weight is 202 g/mol. The van der Waals surface area contributed by atoms with E-state index in [1.54, 1.807) is 11.3 Å². The third kappa shape index (κ3) is 1.51. The predicted octanol–water partition coefficient (Wildman–Crippen LogP) is 3.07. The van der Waals surface area contributed by atoms with Crippen molar-refractivity contribution in [2.75, 3.05) is 7.05 Å². The van der Waals surface area contributed by atoms with E-state index in [0.717, 1.165) is 10.9 Å². The summed E-state index contributed by atoms with van der Waals surface area (Å²) in [5, 5.41) is 6.32. The molecule has 0 spiro atoms. The number of rotatable bonds is 3. The molecule has 1 saturated carbocycles. The molecule has 0 aliphatic heterocycles. The monoisotopic (exact) mass is 201 g/mol. The Kier molecular flexibility index (Phi) is 2.40. The van der Waals surface area contributed by atoms with Crippen molar-refractivity contribution in [2.24, 2.45) is 5.92 Å². The molecule has 1 aliphatic rings. The van der Waals surface area contributed by atoms with Gasteiger partial charge >= 0.3 is 0 Å². The van der Waals surface area contributed by atoms with Crippen molar-refractivity contribution < 1.29 is 0 Å². The van der Waals surface area contributed by atoms with Gasteiger partial charge in [-0.2, -0.15) is 0 Å². The second-order valence-corrected chi connectivity index (χ2v) is 4.59. The molecule has 2 rings (SSSR count). The quantitative estimate of drug-likeness (QED) is 0.793. The largest absolute Gasteiger partial charge is 0.312 e. The Morgan fingerprint density at radius 1 is 1.67 bits per heavy atom. The minimum Gasteiger partial charge on any atom is -0.312 e. The predicted molar refractivity (Wildman–Crippen MR) is 53.9 cm³/mol. The summed E-state index contributed by atoms with van der Waals surface area (Å²) in [7, 11) is 2.01. The summed E-state index contributed by atoms with van der Waals surface area (Å²) in [4.78, 5) is 1.31. The molecule has 1 heterocycles. The van der Waals surface area contributed by atoms with Gasteiger partial charge in [0, 0.05) is 10.9 Å². The van der Waals surface area contributed by atoms with E-state index < -0.39 is 0 Å². The van der Waals surface area contributed by atoms with Gasteiger partial charge in [-0.15, -0.1) is 11.3 Å². The van der Waals surface area contributed by atoms with Crippen LogP contribution >= 0.6 is 22.9 Å². The van der Waals surface area contributed by atoms with E-state index in [-0.39, 0.29) is 0 Å². The molecule has 1 atom stereocenters. The second-order valence-electron chi connectivity index (χ2n) is 3.24. The van der Waals surface area contributed by atoms with E-state index in [9.17, 15) is 0 Å². The van der Waals surface area contributed by atoms with Crippen LogP contribution in [0.25, 0.3) is 0 Å². The van der Waals surface area contributed by atoms with Crippen LogP contribution < -0.4 is 5.32 Å². The molecule has 1 nitrogen and oxygen atoms in total. The number of nitrogens with one attached hydrogen (secondary N) is 1. The van der Waals surface area contributed by atoms with Crippen LogP contribution in [0.3, 0.4) is 0 Å². The smallest absolute Gasteiger partial charge is 0.0561 e. The van der Waals surface area contributed by atoms with Crippen LogP contribution in [0.1, 0.15) is 23.8 Å². The van der Waals surface area contributed by atoms with Crippen LogP contribution in [0.15, 0.2) is 11.4 Å². The van der Waals surface area contributed by atoms with Gasteiger partial charge in [-0.25, -0.2) is 0 Å². The molecule has 0 saturated heterocycles. The molecule has 0 amide bonds. The van der Waals surface area contributed by atoms with Crippen molar-refractivity contribution in [2.45, 2.75) is 18.9 Å². The maximum atomic E-state index is 6.06. The summed E-state index contributed by atoms with van der Waals surface area (Å²) in [5.74, 6) is 0.825. The summed E-state index contributed by atoms with van der Waals surface area (Å²) in [6, 6.07) is 2.48. The highest BCUT2D eigenvalue weighted by Gasteiger charge is 2.32. The lowest BCUT2D eigenvalue weighted by Crippen LogP contribution is -2.17. The van der Waals surface area contributed by atoms with E-state index in [4.69, 9.17) is 11.6 Å². The highest BCUT2D eigenvalue weighted by molar-refractivity contribution is 7.10. The lowest BCUT2D eigenvalue weighted by Gasteiger charge is -2.13. The second kappa shape index (κ2) is 3.36. The Hall–Kier alpha value is -0.0500. The van der Waals surface area contributed by atoms with Gasteiger partial charge in [0.15, 0.2) is 0 Å². The van der Waals surface area contributed by atoms with Crippen molar-refractivity contribution in [1.29, 1.82) is 0 Å². The molecule has 1 aromatic heterocycles. The van der Waals surface area contributed by atoms with Crippen LogP contribution in [0.5, 0.6) is 0 Å². The van der Waals surface area contributed by atoms with E-state index in [1.165, 1.54) is 17.7 Å². The molecule has 0 aromatic carbocycles. The number of hydrogen-bond donors (Lipinski definition) is 1. The summed E-state index contributed by atoms with van der Waals surface area (Å²) in [6.07, 6.45) is 2.69. The van der Waals surface area contributed by atoms with E-state index in [1.807, 2.05) is 13.1 Å².